The van der Waals surface area contributed by atoms with Crippen molar-refractivity contribution in [1.29, 1.82) is 0 Å². The molecule has 0 aromatic heterocycles. The number of hydrogen-bond donors (Lipinski definition) is 4. The van der Waals surface area contributed by atoms with Crippen molar-refractivity contribution < 1.29 is 19.9 Å². The third kappa shape index (κ3) is 3.73. The molecular weight excluding hydrogens is 338 g/mol. The van der Waals surface area contributed by atoms with Gasteiger partial charge in [0.15, 0.2) is 0 Å². The maximum Gasteiger partial charge on any atom is 0.271 e. The summed E-state index contributed by atoms with van der Waals surface area (Å²) in [6, 6.07) is 7.32. The molecule has 124 valence electrons. The van der Waals surface area contributed by atoms with Crippen LogP contribution in [0, 0.1) is 10.1 Å². The number of aromatic hydroxyl groups is 2. The molecule has 2 rings (SSSR count). The Morgan fingerprint density at radius 3 is 2.38 bits per heavy atom. The number of phenols is 2. The average molecular weight is 350 g/mol. The van der Waals surface area contributed by atoms with Gasteiger partial charge >= 0.3 is 0 Å². The molecule has 24 heavy (non-hydrogen) atoms. The first-order valence-corrected chi connectivity index (χ1v) is 6.89. The third-order valence-corrected chi connectivity index (χ3v) is 3.35. The molecule has 4 N–H and O–H groups in total. The minimum absolute atomic E-state index is 0.0255. The van der Waals surface area contributed by atoms with Crippen LogP contribution in [0.2, 0.25) is 5.02 Å². The molecule has 2 aromatic carbocycles. The van der Waals surface area contributed by atoms with Crippen molar-refractivity contribution in [2.45, 2.75) is 0 Å². The number of rotatable bonds is 5. The number of amides is 1. The standard InChI is InChI=1S/C15H12ClN3O5/c1-8(11-5-3-10(20)7-14(11)21)17-18-15(22)12-4-2-9(19(23)24)6-13(12)16/h2-7,17,20-21H,1H2,(H,18,22). The highest BCUT2D eigenvalue weighted by molar-refractivity contribution is 6.34. The zero-order chi connectivity index (χ0) is 17.9. The summed E-state index contributed by atoms with van der Waals surface area (Å²) < 4.78 is 0. The maximum atomic E-state index is 12.0. The number of benzene rings is 2. The first kappa shape index (κ1) is 17.1. The molecule has 8 nitrogen and oxygen atoms in total. The van der Waals surface area contributed by atoms with E-state index in [4.69, 9.17) is 11.6 Å². The third-order valence-electron chi connectivity index (χ3n) is 3.04. The predicted molar refractivity (Wildman–Crippen MR) is 87.5 cm³/mol. The summed E-state index contributed by atoms with van der Waals surface area (Å²) in [5.74, 6) is -0.991. The summed E-state index contributed by atoms with van der Waals surface area (Å²) in [6.07, 6.45) is 0. The number of non-ortho nitro benzene ring substituents is 1. The van der Waals surface area contributed by atoms with Gasteiger partial charge in [-0.2, -0.15) is 0 Å². The summed E-state index contributed by atoms with van der Waals surface area (Å²) in [6.45, 7) is 3.65. The second kappa shape index (κ2) is 6.88. The van der Waals surface area contributed by atoms with Crippen LogP contribution in [0.5, 0.6) is 11.5 Å². The van der Waals surface area contributed by atoms with Crippen LogP contribution in [0.25, 0.3) is 5.70 Å². The number of phenolic OH excluding ortho intramolecular Hbond substituents is 2. The predicted octanol–water partition coefficient (Wildman–Crippen LogP) is 2.56. The Hall–Kier alpha value is -3.26. The summed E-state index contributed by atoms with van der Waals surface area (Å²) in [5.41, 5.74) is 5.03. The number of hydrogen-bond acceptors (Lipinski definition) is 6. The molecule has 0 radical (unpaired) electrons. The van der Waals surface area contributed by atoms with Crippen LogP contribution in [0.1, 0.15) is 15.9 Å². The van der Waals surface area contributed by atoms with Gasteiger partial charge in [-0.1, -0.05) is 18.2 Å². The topological polar surface area (TPSA) is 125 Å². The van der Waals surface area contributed by atoms with E-state index in [1.54, 1.807) is 0 Å². The van der Waals surface area contributed by atoms with Gasteiger partial charge in [0.2, 0.25) is 0 Å². The van der Waals surface area contributed by atoms with E-state index in [1.807, 2.05) is 0 Å². The largest absolute Gasteiger partial charge is 0.508 e. The van der Waals surface area contributed by atoms with Gasteiger partial charge in [-0.05, 0) is 18.2 Å². The minimum Gasteiger partial charge on any atom is -0.508 e. The van der Waals surface area contributed by atoms with E-state index in [0.29, 0.717) is 0 Å². The molecule has 0 spiro atoms. The molecule has 2 aromatic rings. The number of nitrogens with one attached hydrogen (secondary N) is 2. The quantitative estimate of drug-likeness (QED) is 0.485. The van der Waals surface area contributed by atoms with Gasteiger partial charge in [0, 0.05) is 23.8 Å². The molecule has 0 aliphatic carbocycles. The molecule has 0 aliphatic heterocycles. The lowest BCUT2D eigenvalue weighted by atomic mass is 10.1. The summed E-state index contributed by atoms with van der Waals surface area (Å²) in [5, 5.41) is 29.5. The molecule has 0 aliphatic rings. The fourth-order valence-electron chi connectivity index (χ4n) is 1.84. The van der Waals surface area contributed by atoms with E-state index in [2.05, 4.69) is 17.4 Å². The second-order valence-electron chi connectivity index (χ2n) is 4.68. The van der Waals surface area contributed by atoms with E-state index < -0.39 is 10.8 Å². The van der Waals surface area contributed by atoms with Gasteiger partial charge < -0.3 is 10.2 Å². The number of nitro groups is 1. The Kier molecular flexibility index (Phi) is 4.90. The highest BCUT2D eigenvalue weighted by atomic mass is 35.5. The number of carbonyl (C=O) groups excluding carboxylic acids is 1. The van der Waals surface area contributed by atoms with Crippen molar-refractivity contribution in [1.82, 2.24) is 10.9 Å². The lowest BCUT2D eigenvalue weighted by molar-refractivity contribution is -0.384. The second-order valence-corrected chi connectivity index (χ2v) is 5.09. The van der Waals surface area contributed by atoms with Crippen molar-refractivity contribution >= 4 is 28.9 Å². The van der Waals surface area contributed by atoms with Crippen molar-refractivity contribution in [2.75, 3.05) is 0 Å². The fraction of sp³-hybridized carbons (Fsp3) is 0. The van der Waals surface area contributed by atoms with Gasteiger partial charge in [0.05, 0.1) is 21.2 Å². The normalized spacial score (nSPS) is 10.0. The number of halogens is 1. The molecule has 0 saturated carbocycles. The van der Waals surface area contributed by atoms with Crippen LogP contribution in [-0.4, -0.2) is 21.0 Å². The fourth-order valence-corrected chi connectivity index (χ4v) is 2.10. The van der Waals surface area contributed by atoms with E-state index in [-0.39, 0.29) is 39.0 Å². The van der Waals surface area contributed by atoms with Crippen molar-refractivity contribution in [3.05, 3.63) is 69.2 Å². The first-order valence-electron chi connectivity index (χ1n) is 6.51. The van der Waals surface area contributed by atoms with Gasteiger partial charge in [-0.15, -0.1) is 0 Å². The number of carbonyl (C=O) groups is 1. The summed E-state index contributed by atoms with van der Waals surface area (Å²) >= 11 is 5.86. The summed E-state index contributed by atoms with van der Waals surface area (Å²) in [7, 11) is 0. The van der Waals surface area contributed by atoms with Crippen LogP contribution in [0.15, 0.2) is 43.0 Å². The lowest BCUT2D eigenvalue weighted by Gasteiger charge is -2.13. The zero-order valence-corrected chi connectivity index (χ0v) is 12.9. The maximum absolute atomic E-state index is 12.0. The Bertz CT molecular complexity index is 838. The highest BCUT2D eigenvalue weighted by Gasteiger charge is 2.15. The molecule has 1 amide bonds. The molecule has 0 heterocycles. The van der Waals surface area contributed by atoms with E-state index in [9.17, 15) is 25.1 Å². The molecule has 0 fully saturated rings. The van der Waals surface area contributed by atoms with Gasteiger partial charge in [0.1, 0.15) is 11.5 Å². The van der Waals surface area contributed by atoms with Crippen LogP contribution in [-0.2, 0) is 0 Å². The summed E-state index contributed by atoms with van der Waals surface area (Å²) in [4.78, 5) is 22.1. The van der Waals surface area contributed by atoms with Crippen molar-refractivity contribution in [3.63, 3.8) is 0 Å². The molecule has 0 unspecified atom stereocenters. The lowest BCUT2D eigenvalue weighted by Crippen LogP contribution is -2.36. The van der Waals surface area contributed by atoms with E-state index >= 15 is 0 Å². The van der Waals surface area contributed by atoms with E-state index in [0.717, 1.165) is 18.2 Å². The van der Waals surface area contributed by atoms with Gasteiger partial charge in [-0.25, -0.2) is 0 Å². The van der Waals surface area contributed by atoms with Gasteiger partial charge in [0.25, 0.3) is 11.6 Å². The van der Waals surface area contributed by atoms with Crippen molar-refractivity contribution in [2.24, 2.45) is 0 Å². The zero-order valence-electron chi connectivity index (χ0n) is 12.1. The van der Waals surface area contributed by atoms with Crippen LogP contribution in [0.3, 0.4) is 0 Å². The average Bonchev–Trinajstić information content (AvgIpc) is 2.52. The first-order chi connectivity index (χ1) is 11.3. The van der Waals surface area contributed by atoms with Crippen molar-refractivity contribution in [3.8, 4) is 11.5 Å². The molecular formula is C15H12ClN3O5. The SMILES string of the molecule is C=C(NNC(=O)c1ccc([N+](=O)[O-])cc1Cl)c1ccc(O)cc1O. The Morgan fingerprint density at radius 1 is 1.12 bits per heavy atom. The monoisotopic (exact) mass is 349 g/mol. The van der Waals surface area contributed by atoms with Gasteiger partial charge in [-0.3, -0.25) is 25.8 Å². The van der Waals surface area contributed by atoms with E-state index in [1.165, 1.54) is 18.2 Å². The molecule has 0 saturated heterocycles. The molecule has 0 atom stereocenters. The Labute approximate surface area is 141 Å². The Balaban J connectivity index is 2.07. The smallest absolute Gasteiger partial charge is 0.271 e. The Morgan fingerprint density at radius 2 is 1.79 bits per heavy atom. The molecule has 9 heteroatoms. The van der Waals surface area contributed by atoms with Crippen LogP contribution in [0.4, 0.5) is 5.69 Å². The minimum atomic E-state index is -0.644. The molecule has 0 bridgehead atoms. The highest BCUT2D eigenvalue weighted by Crippen LogP contribution is 2.26. The number of nitro benzene ring substituents is 1. The van der Waals surface area contributed by atoms with Crippen LogP contribution < -0.4 is 10.9 Å². The number of hydrazine groups is 1. The number of nitrogens with zero attached hydrogens (tertiary/aromatic N) is 1. The van der Waals surface area contributed by atoms with Crippen LogP contribution >= 0.6 is 11.6 Å².